The first-order valence-corrected chi connectivity index (χ1v) is 9.76. The molecule has 0 aliphatic heterocycles. The summed E-state index contributed by atoms with van der Waals surface area (Å²) in [5.41, 5.74) is 1.18. The van der Waals surface area contributed by atoms with Gasteiger partial charge in [-0.15, -0.1) is 11.8 Å². The molecule has 2 aromatic rings. The van der Waals surface area contributed by atoms with Crippen LogP contribution in [0.5, 0.6) is 5.75 Å². The number of benzene rings is 2. The van der Waals surface area contributed by atoms with Crippen LogP contribution in [0.4, 0.5) is 0 Å². The first-order chi connectivity index (χ1) is 12.1. The number of rotatable bonds is 9. The van der Waals surface area contributed by atoms with E-state index in [1.54, 1.807) is 0 Å². The van der Waals surface area contributed by atoms with Gasteiger partial charge in [0.25, 0.3) is 0 Å². The quantitative estimate of drug-likeness (QED) is 0.495. The van der Waals surface area contributed by atoms with Gasteiger partial charge < -0.3 is 10.1 Å². The van der Waals surface area contributed by atoms with Crippen LogP contribution in [-0.4, -0.2) is 24.3 Å². The average molecular weight is 378 g/mol. The summed E-state index contributed by atoms with van der Waals surface area (Å²) in [6, 6.07) is 15.6. The Kier molecular flexibility index (Phi) is 8.16. The predicted octanol–water partition coefficient (Wildman–Crippen LogP) is 4.97. The van der Waals surface area contributed by atoms with Gasteiger partial charge in [0.05, 0.1) is 11.9 Å². The molecule has 0 radical (unpaired) electrons. The van der Waals surface area contributed by atoms with Crippen LogP contribution in [0.2, 0.25) is 5.02 Å². The van der Waals surface area contributed by atoms with Crippen molar-refractivity contribution in [1.29, 1.82) is 0 Å². The molecule has 0 saturated carbocycles. The van der Waals surface area contributed by atoms with Gasteiger partial charge in [0, 0.05) is 16.5 Å². The van der Waals surface area contributed by atoms with Crippen molar-refractivity contribution in [3.63, 3.8) is 0 Å². The molecule has 3 nitrogen and oxygen atoms in total. The molecule has 0 aromatic heterocycles. The van der Waals surface area contributed by atoms with Crippen LogP contribution in [0, 0.1) is 0 Å². The van der Waals surface area contributed by atoms with Crippen LogP contribution in [0.25, 0.3) is 0 Å². The smallest absolute Gasteiger partial charge is 0.233 e. The first-order valence-electron chi connectivity index (χ1n) is 8.50. The molecule has 0 bridgehead atoms. The Morgan fingerprint density at radius 1 is 1.20 bits per heavy atom. The van der Waals surface area contributed by atoms with Crippen molar-refractivity contribution in [3.05, 3.63) is 59.1 Å². The van der Waals surface area contributed by atoms with Crippen molar-refractivity contribution >= 4 is 29.3 Å². The molecule has 0 aliphatic rings. The molecule has 1 amide bonds. The maximum atomic E-state index is 12.2. The number of thioether (sulfide) groups is 1. The fraction of sp³-hybridized carbons (Fsp3) is 0.350. The summed E-state index contributed by atoms with van der Waals surface area (Å²) < 4.78 is 5.63. The summed E-state index contributed by atoms with van der Waals surface area (Å²) in [5, 5.41) is 3.57. The summed E-state index contributed by atoms with van der Waals surface area (Å²) in [6.07, 6.45) is 1.77. The summed E-state index contributed by atoms with van der Waals surface area (Å²) in [5.74, 6) is 0.987. The van der Waals surface area contributed by atoms with Gasteiger partial charge in [0.15, 0.2) is 0 Å². The third kappa shape index (κ3) is 6.63. The highest BCUT2D eigenvalue weighted by Gasteiger charge is 2.13. The van der Waals surface area contributed by atoms with Crippen molar-refractivity contribution in [3.8, 4) is 5.75 Å². The highest BCUT2D eigenvalue weighted by atomic mass is 35.5. The fourth-order valence-electron chi connectivity index (χ4n) is 2.41. The minimum absolute atomic E-state index is 0.0537. The third-order valence-electron chi connectivity index (χ3n) is 3.69. The fourth-order valence-corrected chi connectivity index (χ4v) is 3.43. The van der Waals surface area contributed by atoms with E-state index in [1.165, 1.54) is 17.3 Å². The second-order valence-electron chi connectivity index (χ2n) is 5.65. The Balaban J connectivity index is 1.74. The van der Waals surface area contributed by atoms with E-state index in [1.807, 2.05) is 56.3 Å². The van der Waals surface area contributed by atoms with E-state index >= 15 is 0 Å². The molecule has 5 heteroatoms. The van der Waals surface area contributed by atoms with Crippen LogP contribution in [0.3, 0.4) is 0 Å². The number of hydrogen-bond donors (Lipinski definition) is 1. The number of amides is 1. The maximum Gasteiger partial charge on any atom is 0.233 e. The van der Waals surface area contributed by atoms with Gasteiger partial charge in [-0.05, 0) is 62.6 Å². The largest absolute Gasteiger partial charge is 0.494 e. The number of hydrogen-bond acceptors (Lipinski definition) is 3. The van der Waals surface area contributed by atoms with E-state index in [-0.39, 0.29) is 11.2 Å². The molecule has 25 heavy (non-hydrogen) atoms. The normalized spacial score (nSPS) is 11.8. The second-order valence-corrected chi connectivity index (χ2v) is 7.50. The van der Waals surface area contributed by atoms with Gasteiger partial charge in [0.2, 0.25) is 5.91 Å². The van der Waals surface area contributed by atoms with Crippen LogP contribution in [0.15, 0.2) is 53.4 Å². The van der Waals surface area contributed by atoms with Gasteiger partial charge in [-0.25, -0.2) is 0 Å². The molecule has 0 unspecified atom stereocenters. The van der Waals surface area contributed by atoms with E-state index in [4.69, 9.17) is 16.3 Å². The third-order valence-corrected chi connectivity index (χ3v) is 5.05. The number of halogens is 1. The molecule has 2 aromatic carbocycles. The lowest BCUT2D eigenvalue weighted by Crippen LogP contribution is -2.31. The van der Waals surface area contributed by atoms with Crippen molar-refractivity contribution < 1.29 is 9.53 Å². The van der Waals surface area contributed by atoms with Crippen LogP contribution >= 0.6 is 23.4 Å². The average Bonchev–Trinajstić information content (AvgIpc) is 2.62. The first kappa shape index (κ1) is 19.7. The lowest BCUT2D eigenvalue weighted by molar-refractivity contribution is -0.120. The van der Waals surface area contributed by atoms with Gasteiger partial charge >= 0.3 is 0 Å². The zero-order valence-corrected chi connectivity index (χ0v) is 16.2. The van der Waals surface area contributed by atoms with Crippen LogP contribution in [0.1, 0.15) is 25.8 Å². The SMILES string of the molecule is CCOc1ccccc1CCCNC(=O)[C@H](C)Sc1ccc(Cl)cc1. The number of para-hydroxylation sites is 1. The lowest BCUT2D eigenvalue weighted by atomic mass is 10.1. The van der Waals surface area contributed by atoms with Crippen LogP contribution < -0.4 is 10.1 Å². The van der Waals surface area contributed by atoms with E-state index < -0.39 is 0 Å². The van der Waals surface area contributed by atoms with E-state index in [9.17, 15) is 4.79 Å². The molecule has 0 heterocycles. The molecule has 1 atom stereocenters. The Morgan fingerprint density at radius 3 is 2.64 bits per heavy atom. The Bertz CT molecular complexity index is 676. The Hall–Kier alpha value is -1.65. The molecule has 0 fully saturated rings. The molecular weight excluding hydrogens is 354 g/mol. The van der Waals surface area contributed by atoms with Gasteiger partial charge in [-0.1, -0.05) is 29.8 Å². The monoisotopic (exact) mass is 377 g/mol. The van der Waals surface area contributed by atoms with E-state index in [2.05, 4.69) is 11.4 Å². The Labute approximate surface area is 159 Å². The molecule has 134 valence electrons. The van der Waals surface area contributed by atoms with Crippen LogP contribution in [-0.2, 0) is 11.2 Å². The Morgan fingerprint density at radius 2 is 1.92 bits per heavy atom. The molecule has 0 aliphatic carbocycles. The molecular formula is C20H24ClNO2S. The maximum absolute atomic E-state index is 12.2. The van der Waals surface area contributed by atoms with Gasteiger partial charge in [-0.2, -0.15) is 0 Å². The highest BCUT2D eigenvalue weighted by Crippen LogP contribution is 2.24. The summed E-state index contributed by atoms with van der Waals surface area (Å²) in [6.45, 7) is 5.22. The second kappa shape index (κ2) is 10.4. The number of nitrogens with one attached hydrogen (secondary N) is 1. The van der Waals surface area contributed by atoms with E-state index in [0.29, 0.717) is 18.2 Å². The molecule has 0 spiro atoms. The number of aryl methyl sites for hydroxylation is 1. The molecule has 0 saturated heterocycles. The number of ether oxygens (including phenoxy) is 1. The standard InChI is InChI=1S/C20H24ClNO2S/c1-3-24-19-9-5-4-7-16(19)8-6-14-22-20(23)15(2)25-18-12-10-17(21)11-13-18/h4-5,7,9-13,15H,3,6,8,14H2,1-2H3,(H,22,23)/t15-/m0/s1. The number of carbonyl (C=O) groups excluding carboxylic acids is 1. The minimum Gasteiger partial charge on any atom is -0.494 e. The van der Waals surface area contributed by atoms with Crippen molar-refractivity contribution in [2.45, 2.75) is 36.8 Å². The topological polar surface area (TPSA) is 38.3 Å². The molecule has 2 rings (SSSR count). The molecule has 1 N–H and O–H groups in total. The summed E-state index contributed by atoms with van der Waals surface area (Å²) in [4.78, 5) is 13.3. The zero-order chi connectivity index (χ0) is 18.1. The van der Waals surface area contributed by atoms with Gasteiger partial charge in [-0.3, -0.25) is 4.79 Å². The van der Waals surface area contributed by atoms with Crippen molar-refractivity contribution in [2.75, 3.05) is 13.2 Å². The zero-order valence-electron chi connectivity index (χ0n) is 14.6. The summed E-state index contributed by atoms with van der Waals surface area (Å²) in [7, 11) is 0. The minimum atomic E-state index is -0.142. The summed E-state index contributed by atoms with van der Waals surface area (Å²) >= 11 is 7.41. The van der Waals surface area contributed by atoms with Crippen molar-refractivity contribution in [2.24, 2.45) is 0 Å². The van der Waals surface area contributed by atoms with Gasteiger partial charge in [0.1, 0.15) is 5.75 Å². The highest BCUT2D eigenvalue weighted by molar-refractivity contribution is 8.00. The van der Waals surface area contributed by atoms with E-state index in [0.717, 1.165) is 23.5 Å². The number of carbonyl (C=O) groups is 1. The van der Waals surface area contributed by atoms with Crippen molar-refractivity contribution in [1.82, 2.24) is 5.32 Å². The predicted molar refractivity (Wildman–Crippen MR) is 106 cm³/mol. The lowest BCUT2D eigenvalue weighted by Gasteiger charge is -2.13.